The first kappa shape index (κ1) is 30.7. The van der Waals surface area contributed by atoms with Gasteiger partial charge in [0.2, 0.25) is 9.84 Å². The molecule has 0 saturated heterocycles. The van der Waals surface area contributed by atoms with E-state index in [-0.39, 0.29) is 23.0 Å². The Morgan fingerprint density at radius 3 is 1.86 bits per heavy atom. The van der Waals surface area contributed by atoms with Crippen LogP contribution in [-0.4, -0.2) is 24.5 Å². The third-order valence-electron chi connectivity index (χ3n) is 5.96. The predicted molar refractivity (Wildman–Crippen MR) is 126 cm³/mol. The molecule has 17 heteroatoms. The Kier molecular flexibility index (Phi) is 7.48. The first-order chi connectivity index (χ1) is 19.2. The van der Waals surface area contributed by atoms with Crippen LogP contribution in [0.15, 0.2) is 70.6 Å². The third-order valence-corrected chi connectivity index (χ3v) is 7.77. The minimum Gasteiger partial charge on any atom is -0.480 e. The van der Waals surface area contributed by atoms with Crippen LogP contribution in [0.25, 0.3) is 10.9 Å². The van der Waals surface area contributed by atoms with E-state index < -0.39 is 83.9 Å². The molecular formula is C25H15F9N2O5S. The van der Waals surface area contributed by atoms with Crippen LogP contribution in [-0.2, 0) is 33.2 Å². The summed E-state index contributed by atoms with van der Waals surface area (Å²) in [5.41, 5.74) is -0.850. The second kappa shape index (κ2) is 10.2. The average Bonchev–Trinajstić information content (AvgIpc) is 3.30. The zero-order valence-corrected chi connectivity index (χ0v) is 21.1. The summed E-state index contributed by atoms with van der Waals surface area (Å²) in [6, 6.07) is 3.21. The van der Waals surface area contributed by atoms with E-state index in [1.54, 1.807) is 0 Å². The first-order valence-electron chi connectivity index (χ1n) is 11.2. The van der Waals surface area contributed by atoms with E-state index in [2.05, 4.69) is 4.98 Å². The van der Waals surface area contributed by atoms with Gasteiger partial charge in [0, 0.05) is 17.1 Å². The summed E-state index contributed by atoms with van der Waals surface area (Å²) in [6.45, 7) is 0. The molecule has 3 aromatic carbocycles. The van der Waals surface area contributed by atoms with Gasteiger partial charge in [0.1, 0.15) is 11.8 Å². The summed E-state index contributed by atoms with van der Waals surface area (Å²) in [5, 5.41) is 8.75. The van der Waals surface area contributed by atoms with Crippen LogP contribution >= 0.6 is 0 Å². The minimum absolute atomic E-state index is 0.0442. The number of hydrogen-bond donors (Lipinski definition) is 3. The number of benzene rings is 3. The van der Waals surface area contributed by atoms with Crippen molar-refractivity contribution in [1.82, 2.24) is 4.98 Å². The normalized spacial score (nSPS) is 13.8. The van der Waals surface area contributed by atoms with Crippen LogP contribution in [0.4, 0.5) is 39.5 Å². The lowest BCUT2D eigenvalue weighted by Crippen LogP contribution is -2.23. The summed E-state index contributed by atoms with van der Waals surface area (Å²) in [6.07, 6.45) is -14.8. The number of carboxylic acid groups (broad SMARTS) is 1. The quantitative estimate of drug-likeness (QED) is 0.200. The highest BCUT2D eigenvalue weighted by Crippen LogP contribution is 2.47. The molecule has 0 spiro atoms. The molecule has 0 bridgehead atoms. The Hall–Kier alpha value is -4.25. The van der Waals surface area contributed by atoms with E-state index in [9.17, 15) is 52.7 Å². The molecule has 1 atom stereocenters. The molecule has 0 saturated carbocycles. The van der Waals surface area contributed by atoms with Gasteiger partial charge < -0.3 is 20.6 Å². The topological polar surface area (TPSA) is 122 Å². The van der Waals surface area contributed by atoms with Crippen LogP contribution in [0.3, 0.4) is 0 Å². The molecule has 4 rings (SSSR count). The van der Waals surface area contributed by atoms with Crippen LogP contribution < -0.4 is 10.5 Å². The first-order valence-corrected chi connectivity index (χ1v) is 12.7. The molecule has 0 unspecified atom stereocenters. The zero-order chi connectivity index (χ0) is 31.4. The smallest absolute Gasteiger partial charge is 0.420 e. The fraction of sp³-hybridized carbons (Fsp3) is 0.160. The Bertz CT molecular complexity index is 1740. The van der Waals surface area contributed by atoms with Crippen molar-refractivity contribution in [1.29, 1.82) is 0 Å². The highest BCUT2D eigenvalue weighted by Gasteiger charge is 2.44. The van der Waals surface area contributed by atoms with Crippen molar-refractivity contribution in [3.05, 3.63) is 83.0 Å². The summed E-state index contributed by atoms with van der Waals surface area (Å²) < 4.78 is 153. The number of rotatable bonds is 6. The van der Waals surface area contributed by atoms with Gasteiger partial charge in [-0.3, -0.25) is 4.79 Å². The van der Waals surface area contributed by atoms with Crippen LogP contribution in [0, 0.1) is 0 Å². The van der Waals surface area contributed by atoms with Gasteiger partial charge in [0.05, 0.1) is 26.5 Å². The Morgan fingerprint density at radius 2 is 1.38 bits per heavy atom. The lowest BCUT2D eigenvalue weighted by Gasteiger charge is -2.21. The summed E-state index contributed by atoms with van der Waals surface area (Å²) in [4.78, 5) is 12.6. The standard InChI is InChI=1S/C25H15F9N2O5S/c26-23(27,28)12-1-4-14(5-2-12)42(39,40)19-10-36-18-6-3-13(9-15(18)19)41-21-16(24(29,30)31)7-11(20(35)22(37)38)8-17(21)25(32,33)34/h1-10,20,36H,35H2,(H,37,38)/t20-/m0/s1. The Morgan fingerprint density at radius 1 is 0.833 bits per heavy atom. The van der Waals surface area contributed by atoms with Gasteiger partial charge in [-0.25, -0.2) is 8.42 Å². The molecule has 0 radical (unpaired) electrons. The molecule has 224 valence electrons. The van der Waals surface area contributed by atoms with Crippen molar-refractivity contribution in [2.24, 2.45) is 5.73 Å². The lowest BCUT2D eigenvalue weighted by molar-refractivity contribution is -0.146. The van der Waals surface area contributed by atoms with E-state index in [1.165, 1.54) is 0 Å². The number of fused-ring (bicyclic) bond motifs is 1. The average molecular weight is 626 g/mol. The molecule has 0 fully saturated rings. The molecular weight excluding hydrogens is 611 g/mol. The highest BCUT2D eigenvalue weighted by atomic mass is 32.2. The van der Waals surface area contributed by atoms with E-state index in [0.717, 1.165) is 24.4 Å². The molecule has 1 heterocycles. The number of sulfone groups is 1. The number of aliphatic carboxylic acids is 1. The van der Waals surface area contributed by atoms with Crippen molar-refractivity contribution in [2.75, 3.05) is 0 Å². The second-order valence-corrected chi connectivity index (χ2v) is 10.7. The minimum atomic E-state index is -5.49. The number of aromatic amines is 1. The number of hydrogen-bond acceptors (Lipinski definition) is 5. The maximum absolute atomic E-state index is 13.9. The van der Waals surface area contributed by atoms with Gasteiger partial charge in [-0.05, 0) is 60.2 Å². The van der Waals surface area contributed by atoms with Gasteiger partial charge in [0.25, 0.3) is 0 Å². The number of halogens is 9. The number of aromatic nitrogens is 1. The van der Waals surface area contributed by atoms with E-state index >= 15 is 0 Å². The Labute approximate surface area is 229 Å². The molecule has 0 aliphatic rings. The molecule has 4 aromatic rings. The number of carboxylic acids is 1. The molecule has 0 amide bonds. The van der Waals surface area contributed by atoms with Gasteiger partial charge in [-0.2, -0.15) is 39.5 Å². The maximum atomic E-state index is 13.9. The molecule has 42 heavy (non-hydrogen) atoms. The van der Waals surface area contributed by atoms with Crippen LogP contribution in [0.5, 0.6) is 11.5 Å². The van der Waals surface area contributed by atoms with E-state index in [1.807, 2.05) is 0 Å². The number of ether oxygens (including phenoxy) is 1. The van der Waals surface area contributed by atoms with Gasteiger partial charge in [-0.15, -0.1) is 0 Å². The summed E-state index contributed by atoms with van der Waals surface area (Å²) in [5.74, 6) is -4.33. The van der Waals surface area contributed by atoms with Gasteiger partial charge in [0.15, 0.2) is 5.75 Å². The van der Waals surface area contributed by atoms with E-state index in [4.69, 9.17) is 15.6 Å². The lowest BCUT2D eigenvalue weighted by atomic mass is 9.98. The van der Waals surface area contributed by atoms with Crippen molar-refractivity contribution < 1.29 is 62.6 Å². The predicted octanol–water partition coefficient (Wildman–Crippen LogP) is 6.93. The number of carbonyl (C=O) groups is 1. The van der Waals surface area contributed by atoms with Crippen molar-refractivity contribution in [3.63, 3.8) is 0 Å². The van der Waals surface area contributed by atoms with Crippen LogP contribution in [0.2, 0.25) is 0 Å². The van der Waals surface area contributed by atoms with Crippen molar-refractivity contribution in [3.8, 4) is 11.5 Å². The Balaban J connectivity index is 1.85. The fourth-order valence-corrected chi connectivity index (χ4v) is 5.35. The number of nitrogens with two attached hydrogens (primary N) is 1. The number of alkyl halides is 9. The maximum Gasteiger partial charge on any atom is 0.420 e. The van der Waals surface area contributed by atoms with E-state index in [0.29, 0.717) is 24.3 Å². The highest BCUT2D eigenvalue weighted by molar-refractivity contribution is 7.91. The van der Waals surface area contributed by atoms with Gasteiger partial charge in [-0.1, -0.05) is 0 Å². The zero-order valence-electron chi connectivity index (χ0n) is 20.3. The third kappa shape index (κ3) is 5.87. The second-order valence-electron chi connectivity index (χ2n) is 8.74. The monoisotopic (exact) mass is 626 g/mol. The molecule has 7 nitrogen and oxygen atoms in total. The van der Waals surface area contributed by atoms with Crippen molar-refractivity contribution in [2.45, 2.75) is 34.4 Å². The number of H-pyrrole nitrogens is 1. The molecule has 0 aliphatic heterocycles. The fourth-order valence-electron chi connectivity index (χ4n) is 3.93. The van der Waals surface area contributed by atoms with Crippen LogP contribution in [0.1, 0.15) is 28.3 Å². The number of nitrogens with one attached hydrogen (secondary N) is 1. The SMILES string of the molecule is N[C@H](C(=O)O)c1cc(C(F)(F)F)c(Oc2ccc3[nH]cc(S(=O)(=O)c4ccc(C(F)(F)F)cc4)c3c2)c(C(F)(F)F)c1. The molecule has 4 N–H and O–H groups in total. The van der Waals surface area contributed by atoms with Crippen molar-refractivity contribution >= 4 is 26.7 Å². The molecule has 1 aromatic heterocycles. The largest absolute Gasteiger partial charge is 0.480 e. The summed E-state index contributed by atoms with van der Waals surface area (Å²) >= 11 is 0. The summed E-state index contributed by atoms with van der Waals surface area (Å²) in [7, 11) is -4.54. The van der Waals surface area contributed by atoms with Gasteiger partial charge >= 0.3 is 24.5 Å². The molecule has 0 aliphatic carbocycles.